The predicted molar refractivity (Wildman–Crippen MR) is 65.2 cm³/mol. The first-order valence-electron chi connectivity index (χ1n) is 5.23. The van der Waals surface area contributed by atoms with Crippen LogP contribution in [0.1, 0.15) is 33.6 Å². The van der Waals surface area contributed by atoms with Crippen LogP contribution in [0.25, 0.3) is 0 Å². The first kappa shape index (κ1) is 14.5. The molecule has 1 atom stereocenters. The minimum Gasteiger partial charge on any atom is -0.507 e. The van der Waals surface area contributed by atoms with Crippen molar-refractivity contribution in [2.45, 2.75) is 39.2 Å². The van der Waals surface area contributed by atoms with Gasteiger partial charge in [-0.2, -0.15) is 0 Å². The van der Waals surface area contributed by atoms with Gasteiger partial charge in [-0.3, -0.25) is 0 Å². The number of aliphatic hydroxyl groups excluding tert-OH is 1. The van der Waals surface area contributed by atoms with E-state index >= 15 is 0 Å². The first-order valence-corrected chi connectivity index (χ1v) is 5.60. The van der Waals surface area contributed by atoms with Crippen LogP contribution in [0.2, 0.25) is 0 Å². The van der Waals surface area contributed by atoms with Gasteiger partial charge in [0, 0.05) is 7.11 Å². The number of hydrogen-bond donors (Lipinski definition) is 1. The van der Waals surface area contributed by atoms with Crippen molar-refractivity contribution < 1.29 is 9.84 Å². The maximum Gasteiger partial charge on any atom is 0.126 e. The molecular weight excluding hydrogens is 212 g/mol. The number of rotatable bonds is 6. The third kappa shape index (κ3) is 3.88. The highest BCUT2D eigenvalue weighted by Gasteiger charge is 2.30. The molecule has 0 rings (SSSR count). The Morgan fingerprint density at radius 3 is 2.27 bits per heavy atom. The van der Waals surface area contributed by atoms with Crippen molar-refractivity contribution in [1.82, 2.24) is 0 Å². The van der Waals surface area contributed by atoms with Gasteiger partial charge in [-0.1, -0.05) is 44.9 Å². The second-order valence-electron chi connectivity index (χ2n) is 3.84. The highest BCUT2D eigenvalue weighted by atomic mass is 35.5. The monoisotopic (exact) mass is 232 g/mol. The van der Waals surface area contributed by atoms with E-state index in [1.54, 1.807) is 13.2 Å². The molecule has 0 aromatic carbocycles. The molecule has 0 aliphatic carbocycles. The second-order valence-corrected chi connectivity index (χ2v) is 4.25. The Morgan fingerprint density at radius 1 is 1.53 bits per heavy atom. The van der Waals surface area contributed by atoms with Gasteiger partial charge in [0.1, 0.15) is 5.76 Å². The van der Waals surface area contributed by atoms with Crippen molar-refractivity contribution in [2.75, 3.05) is 7.11 Å². The third-order valence-electron chi connectivity index (χ3n) is 2.93. The molecule has 88 valence electrons. The number of allylic oxidation sites excluding steroid dienone is 1. The minimum atomic E-state index is -0.452. The van der Waals surface area contributed by atoms with Crippen LogP contribution < -0.4 is 0 Å². The summed E-state index contributed by atoms with van der Waals surface area (Å²) >= 11 is 5.87. The lowest BCUT2D eigenvalue weighted by molar-refractivity contribution is -0.00578. The Hall–Kier alpha value is -0.470. The number of hydrogen-bond acceptors (Lipinski definition) is 2. The Morgan fingerprint density at radius 2 is 2.00 bits per heavy atom. The lowest BCUT2D eigenvalue weighted by Gasteiger charge is -2.33. The molecule has 0 bridgehead atoms. The zero-order valence-corrected chi connectivity index (χ0v) is 10.8. The summed E-state index contributed by atoms with van der Waals surface area (Å²) in [6.07, 6.45) is 3.73. The Balaban J connectivity index is 5.00. The average Bonchev–Trinajstić information content (AvgIpc) is 2.19. The van der Waals surface area contributed by atoms with Crippen LogP contribution >= 0.6 is 11.6 Å². The first-order chi connectivity index (χ1) is 6.91. The summed E-state index contributed by atoms with van der Waals surface area (Å²) in [5, 5.41) is 9.41. The smallest absolute Gasteiger partial charge is 0.126 e. The lowest BCUT2D eigenvalue weighted by atomic mass is 9.84. The van der Waals surface area contributed by atoms with E-state index in [1.165, 1.54) is 0 Å². The van der Waals surface area contributed by atoms with Crippen molar-refractivity contribution >= 4 is 11.6 Å². The molecular formula is C12H21ClO2. The van der Waals surface area contributed by atoms with Crippen LogP contribution in [0, 0.1) is 5.92 Å². The van der Waals surface area contributed by atoms with E-state index in [0.717, 1.165) is 12.8 Å². The SMILES string of the molecule is C=C(O)/C(Cl)=C\[C@@](C)(OC)C(CC)CC. The summed E-state index contributed by atoms with van der Waals surface area (Å²) in [4.78, 5) is 0. The maximum absolute atomic E-state index is 9.16. The summed E-state index contributed by atoms with van der Waals surface area (Å²) < 4.78 is 5.49. The van der Waals surface area contributed by atoms with Crippen molar-refractivity contribution in [1.29, 1.82) is 0 Å². The fraction of sp³-hybridized carbons (Fsp3) is 0.667. The van der Waals surface area contributed by atoms with Gasteiger partial charge in [0.05, 0.1) is 10.6 Å². The zero-order valence-electron chi connectivity index (χ0n) is 10.0. The molecule has 3 heteroatoms. The molecule has 0 aromatic heterocycles. The van der Waals surface area contributed by atoms with E-state index in [1.807, 2.05) is 6.92 Å². The molecule has 0 unspecified atom stereocenters. The van der Waals surface area contributed by atoms with E-state index in [9.17, 15) is 0 Å². The minimum absolute atomic E-state index is 0.120. The molecule has 0 radical (unpaired) electrons. The number of aliphatic hydroxyl groups is 1. The van der Waals surface area contributed by atoms with Gasteiger partial charge < -0.3 is 9.84 Å². The quantitative estimate of drug-likeness (QED) is 0.554. The van der Waals surface area contributed by atoms with Crippen molar-refractivity contribution in [3.05, 3.63) is 23.4 Å². The van der Waals surface area contributed by atoms with E-state index in [2.05, 4.69) is 20.4 Å². The molecule has 0 amide bonds. The van der Waals surface area contributed by atoms with E-state index in [0.29, 0.717) is 5.92 Å². The summed E-state index contributed by atoms with van der Waals surface area (Å²) in [7, 11) is 1.65. The molecule has 0 spiro atoms. The van der Waals surface area contributed by atoms with Crippen LogP contribution in [-0.4, -0.2) is 17.8 Å². The van der Waals surface area contributed by atoms with Crippen LogP contribution in [0.4, 0.5) is 0 Å². The number of methoxy groups -OCH3 is 1. The number of halogens is 1. The molecule has 0 heterocycles. The van der Waals surface area contributed by atoms with Crippen LogP contribution in [0.15, 0.2) is 23.4 Å². The molecule has 0 aromatic rings. The van der Waals surface area contributed by atoms with E-state index in [4.69, 9.17) is 21.4 Å². The van der Waals surface area contributed by atoms with Gasteiger partial charge in [0.25, 0.3) is 0 Å². The lowest BCUT2D eigenvalue weighted by Crippen LogP contribution is -2.34. The Kier molecular flexibility index (Phi) is 5.99. The normalized spacial score (nSPS) is 16.5. The number of ether oxygens (including phenoxy) is 1. The molecule has 2 nitrogen and oxygen atoms in total. The Labute approximate surface area is 97.6 Å². The Bertz CT molecular complexity index is 244. The molecule has 0 aliphatic heterocycles. The topological polar surface area (TPSA) is 29.5 Å². The van der Waals surface area contributed by atoms with Crippen molar-refractivity contribution in [2.24, 2.45) is 5.92 Å². The predicted octanol–water partition coefficient (Wildman–Crippen LogP) is 4.02. The van der Waals surface area contributed by atoms with Gasteiger partial charge in [0.15, 0.2) is 0 Å². The fourth-order valence-corrected chi connectivity index (χ4v) is 1.99. The van der Waals surface area contributed by atoms with Gasteiger partial charge in [-0.05, 0) is 18.9 Å². The van der Waals surface area contributed by atoms with Crippen molar-refractivity contribution in [3.8, 4) is 0 Å². The maximum atomic E-state index is 9.16. The largest absolute Gasteiger partial charge is 0.507 e. The zero-order chi connectivity index (χ0) is 12.1. The highest BCUT2D eigenvalue weighted by molar-refractivity contribution is 6.31. The van der Waals surface area contributed by atoms with Gasteiger partial charge in [-0.15, -0.1) is 0 Å². The molecule has 0 aliphatic rings. The molecule has 0 saturated carbocycles. The fourth-order valence-electron chi connectivity index (χ4n) is 1.78. The van der Waals surface area contributed by atoms with Gasteiger partial charge >= 0.3 is 0 Å². The molecule has 1 N–H and O–H groups in total. The van der Waals surface area contributed by atoms with Crippen molar-refractivity contribution in [3.63, 3.8) is 0 Å². The summed E-state index contributed by atoms with van der Waals surface area (Å²) in [5.74, 6) is 0.251. The summed E-state index contributed by atoms with van der Waals surface area (Å²) in [6.45, 7) is 9.58. The third-order valence-corrected chi connectivity index (χ3v) is 3.25. The standard InChI is InChI=1S/C12H21ClO2/c1-6-10(7-2)12(4,15-5)8-11(13)9(3)14/h8,10,14H,3,6-7H2,1-2,4-5H3/b11-8+/t12-/m1/s1. The molecule has 0 saturated heterocycles. The summed E-state index contributed by atoms with van der Waals surface area (Å²) in [6, 6.07) is 0. The molecule has 0 fully saturated rings. The van der Waals surface area contributed by atoms with Gasteiger partial charge in [0.2, 0.25) is 0 Å². The van der Waals surface area contributed by atoms with Crippen LogP contribution in [-0.2, 0) is 4.74 Å². The summed E-state index contributed by atoms with van der Waals surface area (Å²) in [5.41, 5.74) is -0.452. The van der Waals surface area contributed by atoms with Crippen LogP contribution in [0.3, 0.4) is 0 Å². The van der Waals surface area contributed by atoms with Gasteiger partial charge in [-0.25, -0.2) is 0 Å². The molecule has 15 heavy (non-hydrogen) atoms. The van der Waals surface area contributed by atoms with E-state index in [-0.39, 0.29) is 10.8 Å². The second kappa shape index (κ2) is 6.19. The van der Waals surface area contributed by atoms with Crippen LogP contribution in [0.5, 0.6) is 0 Å². The van der Waals surface area contributed by atoms with E-state index < -0.39 is 5.60 Å². The average molecular weight is 233 g/mol. The highest BCUT2D eigenvalue weighted by Crippen LogP contribution is 2.31.